The van der Waals surface area contributed by atoms with Crippen LogP contribution in [0.25, 0.3) is 0 Å². The smallest absolute Gasteiger partial charge is 0.220 e. The van der Waals surface area contributed by atoms with E-state index in [1.54, 1.807) is 25.6 Å². The SMILES string of the molecule is COc1cc(C)c(C(C)NC(=O)CCc2ccsc2)cc1OC. The lowest BCUT2D eigenvalue weighted by atomic mass is 10.0. The third-order valence-corrected chi connectivity index (χ3v) is 4.57. The van der Waals surface area contributed by atoms with Crippen molar-refractivity contribution in [3.63, 3.8) is 0 Å². The average Bonchev–Trinajstić information content (AvgIpc) is 3.05. The van der Waals surface area contributed by atoms with Crippen LogP contribution in [0, 0.1) is 6.92 Å². The first-order chi connectivity index (χ1) is 11.0. The maximum absolute atomic E-state index is 12.1. The van der Waals surface area contributed by atoms with E-state index < -0.39 is 0 Å². The number of hydrogen-bond donors (Lipinski definition) is 1. The molecule has 1 aromatic carbocycles. The zero-order valence-corrected chi connectivity index (χ0v) is 14.8. The van der Waals surface area contributed by atoms with Crippen LogP contribution in [0.3, 0.4) is 0 Å². The highest BCUT2D eigenvalue weighted by molar-refractivity contribution is 7.07. The van der Waals surface area contributed by atoms with Crippen molar-refractivity contribution in [3.8, 4) is 11.5 Å². The maximum Gasteiger partial charge on any atom is 0.220 e. The van der Waals surface area contributed by atoms with Gasteiger partial charge in [-0.15, -0.1) is 0 Å². The zero-order chi connectivity index (χ0) is 16.8. The van der Waals surface area contributed by atoms with Crippen molar-refractivity contribution < 1.29 is 14.3 Å². The Morgan fingerprint density at radius 1 is 1.26 bits per heavy atom. The van der Waals surface area contributed by atoms with Gasteiger partial charge in [-0.3, -0.25) is 4.79 Å². The van der Waals surface area contributed by atoms with E-state index in [0.717, 1.165) is 17.5 Å². The van der Waals surface area contributed by atoms with E-state index in [0.29, 0.717) is 17.9 Å². The highest BCUT2D eigenvalue weighted by Gasteiger charge is 2.15. The number of amides is 1. The summed E-state index contributed by atoms with van der Waals surface area (Å²) in [6, 6.07) is 5.84. The fourth-order valence-corrected chi connectivity index (χ4v) is 3.25. The largest absolute Gasteiger partial charge is 0.493 e. The van der Waals surface area contributed by atoms with Gasteiger partial charge < -0.3 is 14.8 Å². The second-order valence-electron chi connectivity index (χ2n) is 5.48. The van der Waals surface area contributed by atoms with Crippen molar-refractivity contribution in [3.05, 3.63) is 45.6 Å². The van der Waals surface area contributed by atoms with Gasteiger partial charge in [0.25, 0.3) is 0 Å². The summed E-state index contributed by atoms with van der Waals surface area (Å²) in [5, 5.41) is 7.17. The van der Waals surface area contributed by atoms with E-state index in [9.17, 15) is 4.79 Å². The van der Waals surface area contributed by atoms with Crippen LogP contribution >= 0.6 is 11.3 Å². The van der Waals surface area contributed by atoms with E-state index in [4.69, 9.17) is 9.47 Å². The van der Waals surface area contributed by atoms with Crippen LogP contribution in [-0.4, -0.2) is 20.1 Å². The maximum atomic E-state index is 12.1. The molecule has 1 atom stereocenters. The molecular weight excluding hydrogens is 310 g/mol. The number of carbonyl (C=O) groups excluding carboxylic acids is 1. The topological polar surface area (TPSA) is 47.6 Å². The Kier molecular flexibility index (Phi) is 6.04. The number of benzene rings is 1. The van der Waals surface area contributed by atoms with Crippen LogP contribution in [-0.2, 0) is 11.2 Å². The molecule has 0 radical (unpaired) electrons. The number of nitrogens with one attached hydrogen (secondary N) is 1. The van der Waals surface area contributed by atoms with E-state index >= 15 is 0 Å². The van der Waals surface area contributed by atoms with Gasteiger partial charge in [0.2, 0.25) is 5.91 Å². The van der Waals surface area contributed by atoms with Gasteiger partial charge in [-0.2, -0.15) is 11.3 Å². The van der Waals surface area contributed by atoms with Gasteiger partial charge in [0.05, 0.1) is 20.3 Å². The molecule has 0 aliphatic rings. The molecule has 0 saturated heterocycles. The lowest BCUT2D eigenvalue weighted by Crippen LogP contribution is -2.27. The van der Waals surface area contributed by atoms with E-state index in [-0.39, 0.29) is 11.9 Å². The van der Waals surface area contributed by atoms with Gasteiger partial charge >= 0.3 is 0 Å². The van der Waals surface area contributed by atoms with Crippen molar-refractivity contribution in [1.29, 1.82) is 0 Å². The third kappa shape index (κ3) is 4.48. The standard InChI is InChI=1S/C18H23NO3S/c1-12-9-16(21-3)17(22-4)10-15(12)13(2)19-18(20)6-5-14-7-8-23-11-14/h7-11,13H,5-6H2,1-4H3,(H,19,20). The summed E-state index contributed by atoms with van der Waals surface area (Å²) in [6.07, 6.45) is 1.26. The van der Waals surface area contributed by atoms with Crippen molar-refractivity contribution in [2.75, 3.05) is 14.2 Å². The van der Waals surface area contributed by atoms with Gasteiger partial charge in [0.1, 0.15) is 0 Å². The molecule has 1 heterocycles. The van der Waals surface area contributed by atoms with E-state index in [1.807, 2.05) is 31.4 Å². The summed E-state index contributed by atoms with van der Waals surface area (Å²) in [5.41, 5.74) is 3.31. The van der Waals surface area contributed by atoms with Gasteiger partial charge in [-0.05, 0) is 65.9 Å². The molecule has 1 N–H and O–H groups in total. The molecule has 4 nitrogen and oxygen atoms in total. The average molecular weight is 333 g/mol. The molecule has 0 aliphatic carbocycles. The Morgan fingerprint density at radius 2 is 1.96 bits per heavy atom. The van der Waals surface area contributed by atoms with Gasteiger partial charge in [-0.25, -0.2) is 0 Å². The summed E-state index contributed by atoms with van der Waals surface area (Å²) in [6.45, 7) is 3.99. The molecule has 1 amide bonds. The van der Waals surface area contributed by atoms with Gasteiger partial charge in [0.15, 0.2) is 11.5 Å². The Morgan fingerprint density at radius 3 is 2.57 bits per heavy atom. The monoisotopic (exact) mass is 333 g/mol. The molecule has 2 rings (SSSR count). The lowest BCUT2D eigenvalue weighted by Gasteiger charge is -2.19. The lowest BCUT2D eigenvalue weighted by molar-refractivity contribution is -0.121. The van der Waals surface area contributed by atoms with Gasteiger partial charge in [-0.1, -0.05) is 0 Å². The Hall–Kier alpha value is -2.01. The summed E-state index contributed by atoms with van der Waals surface area (Å²) < 4.78 is 10.6. The third-order valence-electron chi connectivity index (χ3n) is 3.84. The fraction of sp³-hybridized carbons (Fsp3) is 0.389. The second-order valence-corrected chi connectivity index (χ2v) is 6.26. The molecule has 0 spiro atoms. The molecule has 1 aromatic heterocycles. The molecule has 5 heteroatoms. The molecule has 0 bridgehead atoms. The Balaban J connectivity index is 2.02. The quantitative estimate of drug-likeness (QED) is 0.836. The summed E-state index contributed by atoms with van der Waals surface area (Å²) in [7, 11) is 3.23. The van der Waals surface area contributed by atoms with Crippen molar-refractivity contribution >= 4 is 17.2 Å². The van der Waals surface area contributed by atoms with E-state index in [2.05, 4.69) is 16.8 Å². The number of thiophene rings is 1. The number of rotatable bonds is 7. The molecule has 2 aromatic rings. The van der Waals surface area contributed by atoms with Crippen LogP contribution in [0.15, 0.2) is 29.0 Å². The molecule has 1 unspecified atom stereocenters. The van der Waals surface area contributed by atoms with Crippen LogP contribution in [0.2, 0.25) is 0 Å². The first kappa shape index (κ1) is 17.3. The highest BCUT2D eigenvalue weighted by atomic mass is 32.1. The minimum atomic E-state index is -0.0789. The second kappa shape index (κ2) is 8.02. The Bertz CT molecular complexity index is 653. The number of aryl methyl sites for hydroxylation is 2. The predicted octanol–water partition coefficient (Wildman–Crippen LogP) is 3.88. The highest BCUT2D eigenvalue weighted by Crippen LogP contribution is 2.32. The number of methoxy groups -OCH3 is 2. The number of carbonyl (C=O) groups is 1. The van der Waals surface area contributed by atoms with Crippen LogP contribution in [0.1, 0.15) is 36.1 Å². The minimum absolute atomic E-state index is 0.0536. The van der Waals surface area contributed by atoms with Crippen LogP contribution in [0.5, 0.6) is 11.5 Å². The fourth-order valence-electron chi connectivity index (χ4n) is 2.55. The van der Waals surface area contributed by atoms with Crippen molar-refractivity contribution in [2.24, 2.45) is 0 Å². The summed E-state index contributed by atoms with van der Waals surface area (Å²) >= 11 is 1.65. The molecular formula is C18H23NO3S. The first-order valence-corrected chi connectivity index (χ1v) is 8.52. The molecule has 0 aliphatic heterocycles. The normalized spacial score (nSPS) is 11.8. The zero-order valence-electron chi connectivity index (χ0n) is 14.0. The molecule has 0 fully saturated rings. The first-order valence-electron chi connectivity index (χ1n) is 7.58. The molecule has 124 valence electrons. The minimum Gasteiger partial charge on any atom is -0.493 e. The number of ether oxygens (including phenoxy) is 2. The summed E-state index contributed by atoms with van der Waals surface area (Å²) in [5.74, 6) is 1.43. The van der Waals surface area contributed by atoms with Gasteiger partial charge in [0, 0.05) is 6.42 Å². The molecule has 23 heavy (non-hydrogen) atoms. The van der Waals surface area contributed by atoms with Crippen LogP contribution in [0.4, 0.5) is 0 Å². The van der Waals surface area contributed by atoms with Crippen molar-refractivity contribution in [1.82, 2.24) is 5.32 Å². The van der Waals surface area contributed by atoms with E-state index in [1.165, 1.54) is 5.56 Å². The van der Waals surface area contributed by atoms with Crippen LogP contribution < -0.4 is 14.8 Å². The molecule has 0 saturated carbocycles. The summed E-state index contributed by atoms with van der Waals surface area (Å²) in [4.78, 5) is 12.1. The van der Waals surface area contributed by atoms with Crippen molar-refractivity contribution in [2.45, 2.75) is 32.7 Å². The predicted molar refractivity (Wildman–Crippen MR) is 93.5 cm³/mol. The Labute approximate surface area is 141 Å². The number of hydrogen-bond acceptors (Lipinski definition) is 4.